The summed E-state index contributed by atoms with van der Waals surface area (Å²) in [6, 6.07) is 18.9. The lowest BCUT2D eigenvalue weighted by molar-refractivity contribution is -0.122. The Morgan fingerprint density at radius 2 is 1.75 bits per heavy atom. The van der Waals surface area contributed by atoms with Crippen molar-refractivity contribution >= 4 is 28.4 Å². The number of rotatable bonds is 6. The van der Waals surface area contributed by atoms with Crippen molar-refractivity contribution in [1.82, 2.24) is 20.3 Å². The summed E-state index contributed by atoms with van der Waals surface area (Å²) in [6.07, 6.45) is 0. The van der Waals surface area contributed by atoms with Crippen LogP contribution in [0.25, 0.3) is 10.9 Å². The largest absolute Gasteiger partial charge is 0.350 e. The number of aromatic nitrogens is 3. The van der Waals surface area contributed by atoms with Crippen molar-refractivity contribution in [3.63, 3.8) is 0 Å². The fraction of sp³-hybridized carbons (Fsp3) is 0.0870. The molecule has 4 aromatic rings. The van der Waals surface area contributed by atoms with Crippen LogP contribution in [-0.2, 0) is 17.9 Å². The third-order valence-corrected chi connectivity index (χ3v) is 4.70. The number of carbonyl (C=O) groups is 2. The molecule has 0 saturated carbocycles. The van der Waals surface area contributed by atoms with E-state index in [1.54, 1.807) is 48.5 Å². The lowest BCUT2D eigenvalue weighted by atomic mass is 10.1. The molecule has 9 heteroatoms. The van der Waals surface area contributed by atoms with Gasteiger partial charge in [-0.2, -0.15) is 0 Å². The number of fused-ring (bicyclic) bond motifs is 1. The Morgan fingerprint density at radius 1 is 0.969 bits per heavy atom. The molecule has 0 aliphatic heterocycles. The highest BCUT2D eigenvalue weighted by Gasteiger charge is 2.10. The predicted octanol–water partition coefficient (Wildman–Crippen LogP) is 2.50. The molecule has 0 spiro atoms. The van der Waals surface area contributed by atoms with E-state index in [1.165, 1.54) is 24.3 Å². The number of carbonyl (C=O) groups excluding carboxylic acids is 2. The zero-order valence-electron chi connectivity index (χ0n) is 16.8. The maximum atomic E-state index is 13.0. The molecule has 8 nitrogen and oxygen atoms in total. The SMILES string of the molecule is O=C(Cn1nnc2ccccc2c1=O)NCc1cccc(NC(=O)c2ccc(F)cc2)c1. The predicted molar refractivity (Wildman–Crippen MR) is 116 cm³/mol. The second-order valence-corrected chi connectivity index (χ2v) is 7.01. The minimum atomic E-state index is -0.420. The van der Waals surface area contributed by atoms with Gasteiger partial charge >= 0.3 is 0 Å². The highest BCUT2D eigenvalue weighted by molar-refractivity contribution is 6.04. The molecular formula is C23H18FN5O3. The summed E-state index contributed by atoms with van der Waals surface area (Å²) in [7, 11) is 0. The van der Waals surface area contributed by atoms with E-state index in [9.17, 15) is 18.8 Å². The molecule has 0 fully saturated rings. The number of halogens is 1. The molecule has 4 rings (SSSR count). The molecule has 0 aliphatic carbocycles. The van der Waals surface area contributed by atoms with Crippen molar-refractivity contribution in [2.24, 2.45) is 0 Å². The summed E-state index contributed by atoms with van der Waals surface area (Å²) in [6.45, 7) is -0.0769. The van der Waals surface area contributed by atoms with E-state index in [2.05, 4.69) is 20.9 Å². The summed E-state index contributed by atoms with van der Waals surface area (Å²) in [4.78, 5) is 37.0. The Bertz CT molecular complexity index is 1350. The first-order valence-electron chi connectivity index (χ1n) is 9.75. The van der Waals surface area contributed by atoms with E-state index >= 15 is 0 Å². The van der Waals surface area contributed by atoms with E-state index in [4.69, 9.17) is 0 Å². The number of nitrogens with one attached hydrogen (secondary N) is 2. The normalized spacial score (nSPS) is 10.7. The Balaban J connectivity index is 1.37. The van der Waals surface area contributed by atoms with Gasteiger partial charge in [-0.1, -0.05) is 29.5 Å². The fourth-order valence-corrected chi connectivity index (χ4v) is 3.08. The van der Waals surface area contributed by atoms with E-state index in [-0.39, 0.29) is 19.0 Å². The Hall–Kier alpha value is -4.40. The van der Waals surface area contributed by atoms with E-state index in [0.717, 1.165) is 10.2 Å². The molecule has 1 heterocycles. The minimum absolute atomic E-state index is 0.189. The first-order chi connectivity index (χ1) is 15.5. The maximum Gasteiger partial charge on any atom is 0.278 e. The van der Waals surface area contributed by atoms with Crippen molar-refractivity contribution in [2.75, 3.05) is 5.32 Å². The Morgan fingerprint density at radius 3 is 2.56 bits per heavy atom. The molecular weight excluding hydrogens is 413 g/mol. The lowest BCUT2D eigenvalue weighted by Crippen LogP contribution is -2.34. The number of nitrogens with zero attached hydrogens (tertiary/aromatic N) is 3. The molecule has 32 heavy (non-hydrogen) atoms. The van der Waals surface area contributed by atoms with Gasteiger partial charge < -0.3 is 10.6 Å². The van der Waals surface area contributed by atoms with Crippen LogP contribution in [0.2, 0.25) is 0 Å². The molecule has 0 bridgehead atoms. The molecule has 0 atom stereocenters. The first kappa shape index (κ1) is 20.9. The molecule has 1 aromatic heterocycles. The van der Waals surface area contributed by atoms with Crippen LogP contribution < -0.4 is 16.2 Å². The standard InChI is InChI=1S/C23H18FN5O3/c24-17-10-8-16(9-11-17)22(31)26-18-5-3-4-15(12-18)13-25-21(30)14-29-23(32)19-6-1-2-7-20(19)27-28-29/h1-12H,13-14H2,(H,25,30)(H,26,31). The van der Waals surface area contributed by atoms with Gasteiger partial charge in [-0.05, 0) is 54.1 Å². The molecule has 3 aromatic carbocycles. The zero-order chi connectivity index (χ0) is 22.5. The first-order valence-corrected chi connectivity index (χ1v) is 9.75. The topological polar surface area (TPSA) is 106 Å². The molecule has 0 aliphatic rings. The molecule has 2 N–H and O–H groups in total. The van der Waals surface area contributed by atoms with Gasteiger partial charge in [0.15, 0.2) is 0 Å². The van der Waals surface area contributed by atoms with Crippen molar-refractivity contribution in [3.8, 4) is 0 Å². The molecule has 2 amide bonds. The van der Waals surface area contributed by atoms with Crippen LogP contribution >= 0.6 is 0 Å². The average Bonchev–Trinajstić information content (AvgIpc) is 2.80. The number of amides is 2. The third-order valence-electron chi connectivity index (χ3n) is 4.70. The van der Waals surface area contributed by atoms with Crippen molar-refractivity contribution in [3.05, 3.63) is 100 Å². The van der Waals surface area contributed by atoms with Gasteiger partial charge in [0.2, 0.25) is 5.91 Å². The monoisotopic (exact) mass is 431 g/mol. The van der Waals surface area contributed by atoms with Crippen LogP contribution in [0.3, 0.4) is 0 Å². The van der Waals surface area contributed by atoms with Gasteiger partial charge in [0, 0.05) is 17.8 Å². The Kier molecular flexibility index (Phi) is 5.98. The van der Waals surface area contributed by atoms with Gasteiger partial charge in [-0.25, -0.2) is 9.07 Å². The van der Waals surface area contributed by atoms with Gasteiger partial charge in [0.1, 0.15) is 17.9 Å². The van der Waals surface area contributed by atoms with Gasteiger partial charge in [0.05, 0.1) is 5.39 Å². The van der Waals surface area contributed by atoms with Crippen LogP contribution in [-0.4, -0.2) is 26.8 Å². The molecule has 0 saturated heterocycles. The molecule has 160 valence electrons. The fourth-order valence-electron chi connectivity index (χ4n) is 3.08. The second-order valence-electron chi connectivity index (χ2n) is 7.01. The number of hydrogen-bond donors (Lipinski definition) is 2. The Labute approximate surface area is 181 Å². The average molecular weight is 431 g/mol. The van der Waals surface area contributed by atoms with Gasteiger partial charge in [0.25, 0.3) is 11.5 Å². The summed E-state index contributed by atoms with van der Waals surface area (Å²) < 4.78 is 14.0. The van der Waals surface area contributed by atoms with E-state index in [1.807, 2.05) is 0 Å². The summed E-state index contributed by atoms with van der Waals surface area (Å²) in [5.74, 6) is -1.20. The second kappa shape index (κ2) is 9.17. The summed E-state index contributed by atoms with van der Waals surface area (Å²) in [5.41, 5.74) is 1.67. The van der Waals surface area contributed by atoms with Crippen LogP contribution in [0.5, 0.6) is 0 Å². The van der Waals surface area contributed by atoms with Crippen LogP contribution in [0.4, 0.5) is 10.1 Å². The number of benzene rings is 3. The van der Waals surface area contributed by atoms with Crippen molar-refractivity contribution < 1.29 is 14.0 Å². The van der Waals surface area contributed by atoms with E-state index < -0.39 is 17.3 Å². The molecule has 0 unspecified atom stereocenters. The van der Waals surface area contributed by atoms with Crippen LogP contribution in [0.1, 0.15) is 15.9 Å². The number of hydrogen-bond acceptors (Lipinski definition) is 5. The van der Waals surface area contributed by atoms with Crippen molar-refractivity contribution in [2.45, 2.75) is 13.1 Å². The minimum Gasteiger partial charge on any atom is -0.350 e. The number of anilines is 1. The highest BCUT2D eigenvalue weighted by atomic mass is 19.1. The molecule has 0 radical (unpaired) electrons. The van der Waals surface area contributed by atoms with Gasteiger partial charge in [-0.3, -0.25) is 14.4 Å². The summed E-state index contributed by atoms with van der Waals surface area (Å²) >= 11 is 0. The lowest BCUT2D eigenvalue weighted by Gasteiger charge is -2.09. The summed E-state index contributed by atoms with van der Waals surface area (Å²) in [5, 5.41) is 13.6. The smallest absolute Gasteiger partial charge is 0.278 e. The van der Waals surface area contributed by atoms with E-state index in [0.29, 0.717) is 22.2 Å². The van der Waals surface area contributed by atoms with Crippen LogP contribution in [0, 0.1) is 5.82 Å². The third kappa shape index (κ3) is 4.84. The zero-order valence-corrected chi connectivity index (χ0v) is 16.8. The maximum absolute atomic E-state index is 13.0. The van der Waals surface area contributed by atoms with Crippen LogP contribution in [0.15, 0.2) is 77.6 Å². The quantitative estimate of drug-likeness (QED) is 0.488. The highest BCUT2D eigenvalue weighted by Crippen LogP contribution is 2.13. The van der Waals surface area contributed by atoms with Crippen molar-refractivity contribution in [1.29, 1.82) is 0 Å². The van der Waals surface area contributed by atoms with Gasteiger partial charge in [-0.15, -0.1) is 5.10 Å².